The van der Waals surface area contributed by atoms with E-state index in [1.165, 1.54) is 29.5 Å². The molecule has 1 saturated carbocycles. The lowest BCUT2D eigenvalue weighted by atomic mass is 10.0. The fourth-order valence-corrected chi connectivity index (χ4v) is 5.70. The Labute approximate surface area is 218 Å². The highest BCUT2D eigenvalue weighted by Crippen LogP contribution is 2.33. The van der Waals surface area contributed by atoms with Crippen molar-refractivity contribution in [3.05, 3.63) is 87.0 Å². The van der Waals surface area contributed by atoms with Crippen LogP contribution < -0.4 is 5.56 Å². The number of nitrogens with one attached hydrogen (secondary N) is 1. The van der Waals surface area contributed by atoms with Gasteiger partial charge in [0.1, 0.15) is 0 Å². The topological polar surface area (TPSA) is 79.7 Å². The van der Waals surface area contributed by atoms with Crippen molar-refractivity contribution in [2.75, 3.05) is 6.54 Å². The van der Waals surface area contributed by atoms with E-state index >= 15 is 0 Å². The maximum absolute atomic E-state index is 13.3. The Morgan fingerprint density at radius 3 is 2.59 bits per heavy atom. The van der Waals surface area contributed by atoms with E-state index in [1.807, 2.05) is 0 Å². The molecular weight excluding hydrogens is 460 g/mol. The number of aryl methyl sites for hydroxylation is 2. The second-order valence-corrected chi connectivity index (χ2v) is 10.6. The number of aromatic nitrogens is 5. The zero-order chi connectivity index (χ0) is 25.8. The van der Waals surface area contributed by atoms with Gasteiger partial charge in [-0.15, -0.1) is 5.10 Å². The third-order valence-electron chi connectivity index (χ3n) is 7.93. The lowest BCUT2D eigenvalue weighted by Crippen LogP contribution is -2.35. The van der Waals surface area contributed by atoms with Crippen molar-refractivity contribution >= 4 is 10.9 Å². The molecule has 0 radical (unpaired) electrons. The maximum Gasteiger partial charge on any atom is 0.252 e. The van der Waals surface area contributed by atoms with Crippen LogP contribution in [0.1, 0.15) is 85.6 Å². The fourth-order valence-electron chi connectivity index (χ4n) is 5.70. The van der Waals surface area contributed by atoms with Crippen LogP contribution in [0.2, 0.25) is 0 Å². The first kappa shape index (κ1) is 25.3. The highest BCUT2D eigenvalue weighted by atomic mass is 16.1. The SMILES string of the molecule is CCC[C@H](c1nnnn1C1CCCC1)N(CCc1ccccc1)Cc1cc2cc(C)c(C)cc2[nH]c1=O. The van der Waals surface area contributed by atoms with Crippen LogP contribution >= 0.6 is 0 Å². The smallest absolute Gasteiger partial charge is 0.252 e. The predicted octanol–water partition coefficient (Wildman–Crippen LogP) is 5.83. The zero-order valence-electron chi connectivity index (χ0n) is 22.3. The Morgan fingerprint density at radius 2 is 1.84 bits per heavy atom. The van der Waals surface area contributed by atoms with Crippen LogP contribution in [0.15, 0.2) is 53.3 Å². The van der Waals surface area contributed by atoms with Gasteiger partial charge in [0.2, 0.25) is 0 Å². The quantitative estimate of drug-likeness (QED) is 0.297. The first-order chi connectivity index (χ1) is 18.0. The molecule has 1 aliphatic rings. The van der Waals surface area contributed by atoms with Gasteiger partial charge in [-0.05, 0) is 90.2 Å². The second-order valence-electron chi connectivity index (χ2n) is 10.6. The Balaban J connectivity index is 1.51. The van der Waals surface area contributed by atoms with Gasteiger partial charge in [0.25, 0.3) is 5.56 Å². The van der Waals surface area contributed by atoms with Crippen LogP contribution in [0, 0.1) is 13.8 Å². The molecule has 4 aromatic rings. The first-order valence-corrected chi connectivity index (χ1v) is 13.7. The molecule has 2 aromatic carbocycles. The molecule has 194 valence electrons. The largest absolute Gasteiger partial charge is 0.322 e. The molecule has 2 heterocycles. The molecule has 7 nitrogen and oxygen atoms in total. The molecule has 0 bridgehead atoms. The molecule has 0 amide bonds. The average molecular weight is 499 g/mol. The molecular formula is C30H38N6O. The minimum Gasteiger partial charge on any atom is -0.322 e. The molecule has 1 atom stereocenters. The Hall–Kier alpha value is -3.32. The van der Waals surface area contributed by atoms with Crippen LogP contribution in [0.3, 0.4) is 0 Å². The van der Waals surface area contributed by atoms with Crippen molar-refractivity contribution in [2.45, 2.75) is 84.3 Å². The van der Waals surface area contributed by atoms with Crippen molar-refractivity contribution in [1.29, 1.82) is 0 Å². The highest BCUT2D eigenvalue weighted by Gasteiger charge is 2.30. The summed E-state index contributed by atoms with van der Waals surface area (Å²) in [5.74, 6) is 0.936. The molecule has 2 aromatic heterocycles. The number of pyridine rings is 1. The average Bonchev–Trinajstić information content (AvgIpc) is 3.60. The summed E-state index contributed by atoms with van der Waals surface area (Å²) in [7, 11) is 0. The van der Waals surface area contributed by atoms with Gasteiger partial charge in [0.15, 0.2) is 5.82 Å². The van der Waals surface area contributed by atoms with Gasteiger partial charge in [-0.25, -0.2) is 4.68 Å². The van der Waals surface area contributed by atoms with Gasteiger partial charge in [-0.2, -0.15) is 0 Å². The Bertz CT molecular complexity index is 1390. The van der Waals surface area contributed by atoms with Gasteiger partial charge in [0, 0.05) is 24.2 Å². The number of aromatic amines is 1. The van der Waals surface area contributed by atoms with E-state index < -0.39 is 0 Å². The van der Waals surface area contributed by atoms with E-state index in [-0.39, 0.29) is 11.6 Å². The number of hydrogen-bond acceptors (Lipinski definition) is 5. The normalized spacial score (nSPS) is 15.1. The number of nitrogens with zero attached hydrogens (tertiary/aromatic N) is 5. The number of rotatable bonds is 10. The summed E-state index contributed by atoms with van der Waals surface area (Å²) in [6.45, 7) is 7.77. The lowest BCUT2D eigenvalue weighted by Gasteiger charge is -2.31. The van der Waals surface area contributed by atoms with E-state index in [0.29, 0.717) is 12.6 Å². The van der Waals surface area contributed by atoms with E-state index in [0.717, 1.165) is 60.9 Å². The first-order valence-electron chi connectivity index (χ1n) is 13.7. The molecule has 0 aliphatic heterocycles. The standard InChI is InChI=1S/C30H38N6O/c1-4-10-28(29-32-33-34-36(29)26-13-8-9-14-26)35(16-15-23-11-6-5-7-12-23)20-25-19-24-17-21(2)22(3)18-27(24)31-30(25)37/h5-7,11-12,17-19,26,28H,4,8-10,13-16,20H2,1-3H3,(H,31,37)/t28-/m1/s1. The van der Waals surface area contributed by atoms with E-state index in [4.69, 9.17) is 0 Å². The third-order valence-corrected chi connectivity index (χ3v) is 7.93. The third kappa shape index (κ3) is 5.67. The summed E-state index contributed by atoms with van der Waals surface area (Å²) in [6, 6.07) is 17.3. The highest BCUT2D eigenvalue weighted by molar-refractivity contribution is 5.80. The van der Waals surface area contributed by atoms with E-state index in [1.54, 1.807) is 0 Å². The van der Waals surface area contributed by atoms with Gasteiger partial charge in [-0.3, -0.25) is 9.69 Å². The van der Waals surface area contributed by atoms with Crippen molar-refractivity contribution < 1.29 is 0 Å². The Kier molecular flexibility index (Phi) is 7.79. The second kappa shape index (κ2) is 11.4. The van der Waals surface area contributed by atoms with Crippen LogP contribution in [0.25, 0.3) is 10.9 Å². The summed E-state index contributed by atoms with van der Waals surface area (Å²) in [5, 5.41) is 14.2. The van der Waals surface area contributed by atoms with Gasteiger partial charge >= 0.3 is 0 Å². The van der Waals surface area contributed by atoms with Crippen molar-refractivity contribution in [3.8, 4) is 0 Å². The van der Waals surface area contributed by atoms with Crippen molar-refractivity contribution in [3.63, 3.8) is 0 Å². The number of tetrazole rings is 1. The summed E-state index contributed by atoms with van der Waals surface area (Å²) >= 11 is 0. The number of benzene rings is 2. The molecule has 0 saturated heterocycles. The molecule has 1 fully saturated rings. The molecule has 5 rings (SSSR count). The molecule has 0 unspecified atom stereocenters. The number of fused-ring (bicyclic) bond motifs is 1. The summed E-state index contributed by atoms with van der Waals surface area (Å²) in [4.78, 5) is 18.8. The molecule has 7 heteroatoms. The monoisotopic (exact) mass is 498 g/mol. The van der Waals surface area contributed by atoms with Gasteiger partial charge in [0.05, 0.1) is 12.1 Å². The van der Waals surface area contributed by atoms with E-state index in [9.17, 15) is 4.79 Å². The number of hydrogen-bond donors (Lipinski definition) is 1. The summed E-state index contributed by atoms with van der Waals surface area (Å²) < 4.78 is 2.08. The van der Waals surface area contributed by atoms with Crippen LogP contribution in [-0.4, -0.2) is 36.6 Å². The molecule has 0 spiro atoms. The van der Waals surface area contributed by atoms with E-state index in [2.05, 4.69) is 99.4 Å². The summed E-state index contributed by atoms with van der Waals surface area (Å²) in [6.07, 6.45) is 7.56. The Morgan fingerprint density at radius 1 is 1.08 bits per heavy atom. The summed E-state index contributed by atoms with van der Waals surface area (Å²) in [5.41, 5.74) is 5.35. The van der Waals surface area contributed by atoms with Crippen LogP contribution in [0.5, 0.6) is 0 Å². The number of H-pyrrole nitrogens is 1. The minimum absolute atomic E-state index is 0.0221. The predicted molar refractivity (Wildman–Crippen MR) is 148 cm³/mol. The minimum atomic E-state index is -0.0221. The van der Waals surface area contributed by atoms with Gasteiger partial charge in [-0.1, -0.05) is 56.5 Å². The molecule has 1 N–H and O–H groups in total. The molecule has 1 aliphatic carbocycles. The molecule has 37 heavy (non-hydrogen) atoms. The van der Waals surface area contributed by atoms with Crippen molar-refractivity contribution in [1.82, 2.24) is 30.1 Å². The van der Waals surface area contributed by atoms with Crippen LogP contribution in [-0.2, 0) is 13.0 Å². The lowest BCUT2D eigenvalue weighted by molar-refractivity contribution is 0.163. The fraction of sp³-hybridized carbons (Fsp3) is 0.467. The zero-order valence-corrected chi connectivity index (χ0v) is 22.3. The van der Waals surface area contributed by atoms with Crippen LogP contribution in [0.4, 0.5) is 0 Å². The van der Waals surface area contributed by atoms with Crippen molar-refractivity contribution in [2.24, 2.45) is 0 Å². The maximum atomic E-state index is 13.3. The van der Waals surface area contributed by atoms with Gasteiger partial charge < -0.3 is 4.98 Å².